The highest BCUT2D eigenvalue weighted by Crippen LogP contribution is 2.21. The van der Waals surface area contributed by atoms with Crippen molar-refractivity contribution in [1.82, 2.24) is 10.2 Å². The van der Waals surface area contributed by atoms with E-state index in [0.717, 1.165) is 29.9 Å². The summed E-state index contributed by atoms with van der Waals surface area (Å²) in [4.78, 5) is 2.43. The first kappa shape index (κ1) is 17.7. The van der Waals surface area contributed by atoms with Crippen LogP contribution < -0.4 is 5.32 Å². The van der Waals surface area contributed by atoms with Crippen molar-refractivity contribution in [1.29, 1.82) is 0 Å². The molecule has 0 aromatic heterocycles. The zero-order chi connectivity index (χ0) is 15.0. The smallest absolute Gasteiger partial charge is 0.0332 e. The molecule has 1 atom stereocenters. The Labute approximate surface area is 133 Å². The highest BCUT2D eigenvalue weighted by atomic mass is 79.9. The molecule has 1 rings (SSSR count). The topological polar surface area (TPSA) is 15.3 Å². The minimum Gasteiger partial charge on any atom is -0.310 e. The van der Waals surface area contributed by atoms with Crippen LogP contribution in [0.3, 0.4) is 0 Å². The van der Waals surface area contributed by atoms with Crippen LogP contribution in [-0.4, -0.2) is 31.6 Å². The molecule has 1 aromatic carbocycles. The first-order valence-electron chi connectivity index (χ1n) is 7.70. The quantitative estimate of drug-likeness (QED) is 0.713. The lowest BCUT2D eigenvalue weighted by molar-refractivity contribution is 0.276. The largest absolute Gasteiger partial charge is 0.310 e. The van der Waals surface area contributed by atoms with Gasteiger partial charge < -0.3 is 10.2 Å². The molecule has 1 N–H and O–H groups in total. The van der Waals surface area contributed by atoms with Crippen LogP contribution in [0, 0.1) is 5.92 Å². The molecule has 0 bridgehead atoms. The van der Waals surface area contributed by atoms with E-state index in [0.29, 0.717) is 6.04 Å². The van der Waals surface area contributed by atoms with E-state index < -0.39 is 0 Å². The molecular formula is C17H29BrN2. The molecule has 1 unspecified atom stereocenters. The Bertz CT molecular complexity index is 379. The third-order valence-electron chi connectivity index (χ3n) is 3.37. The third-order valence-corrected chi connectivity index (χ3v) is 3.86. The van der Waals surface area contributed by atoms with Gasteiger partial charge in [-0.2, -0.15) is 0 Å². The van der Waals surface area contributed by atoms with Crippen LogP contribution in [0.2, 0.25) is 0 Å². The van der Waals surface area contributed by atoms with E-state index in [1.807, 2.05) is 0 Å². The SMILES string of the molecule is CCCNC(CCN(C)CC(C)C)c1cccc(Br)c1. The lowest BCUT2D eigenvalue weighted by atomic mass is 10.0. The summed E-state index contributed by atoms with van der Waals surface area (Å²) in [6.07, 6.45) is 2.33. The Kier molecular flexibility index (Phi) is 8.43. The fraction of sp³-hybridized carbons (Fsp3) is 0.647. The van der Waals surface area contributed by atoms with Crippen LogP contribution >= 0.6 is 15.9 Å². The van der Waals surface area contributed by atoms with Gasteiger partial charge in [-0.05, 0) is 56.6 Å². The van der Waals surface area contributed by atoms with Crippen LogP contribution in [0.4, 0.5) is 0 Å². The summed E-state index contributed by atoms with van der Waals surface area (Å²) in [6.45, 7) is 10.1. The number of hydrogen-bond donors (Lipinski definition) is 1. The molecular weight excluding hydrogens is 312 g/mol. The molecule has 2 nitrogen and oxygen atoms in total. The Morgan fingerprint density at radius 2 is 2.05 bits per heavy atom. The van der Waals surface area contributed by atoms with Gasteiger partial charge in [0.1, 0.15) is 0 Å². The van der Waals surface area contributed by atoms with Crippen molar-refractivity contribution in [3.8, 4) is 0 Å². The summed E-state index contributed by atoms with van der Waals surface area (Å²) in [5.41, 5.74) is 1.38. The van der Waals surface area contributed by atoms with Crippen LogP contribution in [0.15, 0.2) is 28.7 Å². The standard InChI is InChI=1S/C17H29BrN2/c1-5-10-19-17(9-11-20(4)13-14(2)3)15-7-6-8-16(18)12-15/h6-8,12,14,17,19H,5,9-11,13H2,1-4H3. The number of nitrogens with one attached hydrogen (secondary N) is 1. The molecule has 0 aliphatic rings. The summed E-state index contributed by atoms with van der Waals surface area (Å²) in [5, 5.41) is 3.67. The molecule has 114 valence electrons. The molecule has 0 fully saturated rings. The monoisotopic (exact) mass is 340 g/mol. The van der Waals surface area contributed by atoms with Crippen molar-refractivity contribution >= 4 is 15.9 Å². The molecule has 0 amide bonds. The van der Waals surface area contributed by atoms with Crippen molar-refractivity contribution in [2.24, 2.45) is 5.92 Å². The first-order valence-corrected chi connectivity index (χ1v) is 8.49. The number of rotatable bonds is 9. The number of halogens is 1. The number of nitrogens with zero attached hydrogens (tertiary/aromatic N) is 1. The van der Waals surface area contributed by atoms with Crippen molar-refractivity contribution in [3.63, 3.8) is 0 Å². The molecule has 0 spiro atoms. The second-order valence-corrected chi connectivity index (χ2v) is 6.92. The Morgan fingerprint density at radius 1 is 1.30 bits per heavy atom. The highest BCUT2D eigenvalue weighted by molar-refractivity contribution is 9.10. The van der Waals surface area contributed by atoms with Crippen LogP contribution in [0.1, 0.15) is 45.2 Å². The van der Waals surface area contributed by atoms with Crippen molar-refractivity contribution in [3.05, 3.63) is 34.3 Å². The Hall–Kier alpha value is -0.380. The second-order valence-electron chi connectivity index (χ2n) is 6.01. The molecule has 0 heterocycles. The zero-order valence-electron chi connectivity index (χ0n) is 13.3. The van der Waals surface area contributed by atoms with Gasteiger partial charge in [0.2, 0.25) is 0 Å². The molecule has 0 aliphatic carbocycles. The van der Waals surface area contributed by atoms with Gasteiger partial charge in [-0.3, -0.25) is 0 Å². The van der Waals surface area contributed by atoms with E-state index in [1.165, 1.54) is 18.5 Å². The number of hydrogen-bond acceptors (Lipinski definition) is 2. The van der Waals surface area contributed by atoms with Gasteiger partial charge in [-0.1, -0.05) is 48.8 Å². The predicted molar refractivity (Wildman–Crippen MR) is 92.1 cm³/mol. The maximum Gasteiger partial charge on any atom is 0.0332 e. The molecule has 20 heavy (non-hydrogen) atoms. The van der Waals surface area contributed by atoms with Crippen molar-refractivity contribution < 1.29 is 0 Å². The molecule has 0 radical (unpaired) electrons. The average Bonchev–Trinajstić information content (AvgIpc) is 2.38. The van der Waals surface area contributed by atoms with Gasteiger partial charge in [0.15, 0.2) is 0 Å². The van der Waals surface area contributed by atoms with Gasteiger partial charge >= 0.3 is 0 Å². The summed E-state index contributed by atoms with van der Waals surface area (Å²) in [7, 11) is 2.22. The van der Waals surface area contributed by atoms with Gasteiger partial charge in [0, 0.05) is 17.1 Å². The van der Waals surface area contributed by atoms with E-state index in [1.54, 1.807) is 0 Å². The lowest BCUT2D eigenvalue weighted by Gasteiger charge is -2.24. The van der Waals surface area contributed by atoms with Crippen molar-refractivity contribution in [2.45, 2.75) is 39.7 Å². The maximum absolute atomic E-state index is 3.67. The summed E-state index contributed by atoms with van der Waals surface area (Å²) in [5.74, 6) is 0.730. The van der Waals surface area contributed by atoms with Crippen LogP contribution in [0.5, 0.6) is 0 Å². The van der Waals surface area contributed by atoms with Gasteiger partial charge in [-0.25, -0.2) is 0 Å². The lowest BCUT2D eigenvalue weighted by Crippen LogP contribution is -2.29. The summed E-state index contributed by atoms with van der Waals surface area (Å²) < 4.78 is 1.16. The van der Waals surface area contributed by atoms with Crippen LogP contribution in [-0.2, 0) is 0 Å². The molecule has 1 aromatic rings. The normalized spacial score (nSPS) is 13.2. The van der Waals surface area contributed by atoms with E-state index in [2.05, 4.69) is 78.2 Å². The fourth-order valence-electron chi connectivity index (χ4n) is 2.49. The van der Waals surface area contributed by atoms with Crippen LogP contribution in [0.25, 0.3) is 0 Å². The molecule has 0 saturated heterocycles. The number of benzene rings is 1. The second kappa shape index (κ2) is 9.54. The van der Waals surface area contributed by atoms with Gasteiger partial charge in [0.05, 0.1) is 0 Å². The average molecular weight is 341 g/mol. The minimum absolute atomic E-state index is 0.446. The molecule has 3 heteroatoms. The first-order chi connectivity index (χ1) is 9.52. The van der Waals surface area contributed by atoms with E-state index in [-0.39, 0.29) is 0 Å². The minimum atomic E-state index is 0.446. The third kappa shape index (κ3) is 6.87. The maximum atomic E-state index is 3.67. The fourth-order valence-corrected chi connectivity index (χ4v) is 2.91. The van der Waals surface area contributed by atoms with Gasteiger partial charge in [0.25, 0.3) is 0 Å². The van der Waals surface area contributed by atoms with E-state index in [9.17, 15) is 0 Å². The molecule has 0 aliphatic heterocycles. The highest BCUT2D eigenvalue weighted by Gasteiger charge is 2.12. The van der Waals surface area contributed by atoms with E-state index >= 15 is 0 Å². The van der Waals surface area contributed by atoms with E-state index in [4.69, 9.17) is 0 Å². The zero-order valence-corrected chi connectivity index (χ0v) is 14.9. The predicted octanol–water partition coefficient (Wildman–Crippen LogP) is 4.47. The summed E-state index contributed by atoms with van der Waals surface area (Å²) in [6, 6.07) is 9.11. The molecule has 0 saturated carbocycles. The van der Waals surface area contributed by atoms with Gasteiger partial charge in [-0.15, -0.1) is 0 Å². The van der Waals surface area contributed by atoms with Crippen molar-refractivity contribution in [2.75, 3.05) is 26.7 Å². The Balaban J connectivity index is 2.60. The summed E-state index contributed by atoms with van der Waals surface area (Å²) >= 11 is 3.57. The Morgan fingerprint density at radius 3 is 2.65 bits per heavy atom.